The zero-order chi connectivity index (χ0) is 21.3. The quantitative estimate of drug-likeness (QED) is 0.646. The van der Waals surface area contributed by atoms with Crippen LogP contribution in [-0.2, 0) is 13.0 Å². The Bertz CT molecular complexity index is 1060. The molecule has 0 fully saturated rings. The molecule has 0 saturated heterocycles. The Morgan fingerprint density at radius 2 is 1.70 bits per heavy atom. The average Bonchev–Trinajstić information content (AvgIpc) is 3.28. The highest BCUT2D eigenvalue weighted by molar-refractivity contribution is 5.94. The highest BCUT2D eigenvalue weighted by atomic mass is 16.5. The van der Waals surface area contributed by atoms with Crippen LogP contribution in [0.5, 0.6) is 11.5 Å². The van der Waals surface area contributed by atoms with Gasteiger partial charge in [0, 0.05) is 24.2 Å². The summed E-state index contributed by atoms with van der Waals surface area (Å²) in [5.41, 5.74) is 3.74. The average molecular weight is 407 g/mol. The van der Waals surface area contributed by atoms with Crippen LogP contribution in [0, 0.1) is 0 Å². The second kappa shape index (κ2) is 8.14. The first kappa shape index (κ1) is 19.9. The maximum Gasteiger partial charge on any atom is 0.254 e. The number of carbonyl (C=O) groups is 1. The van der Waals surface area contributed by atoms with Gasteiger partial charge in [0.2, 0.25) is 5.82 Å². The van der Waals surface area contributed by atoms with Crippen LogP contribution in [0.3, 0.4) is 0 Å². The predicted molar refractivity (Wildman–Crippen MR) is 112 cm³/mol. The largest absolute Gasteiger partial charge is 0.493 e. The third-order valence-electron chi connectivity index (χ3n) is 5.29. The molecule has 0 bridgehead atoms. The highest BCUT2D eigenvalue weighted by Gasteiger charge is 2.24. The summed E-state index contributed by atoms with van der Waals surface area (Å²) in [4.78, 5) is 16.5. The van der Waals surface area contributed by atoms with Crippen LogP contribution < -0.4 is 9.47 Å². The SMILES string of the molecule is COc1cc2c(cc1OC)CN(C(=O)c1ccc(-c3nnn(C(C)C)n3)cc1)CC2. The van der Waals surface area contributed by atoms with Crippen molar-refractivity contribution in [3.05, 3.63) is 53.1 Å². The van der Waals surface area contributed by atoms with Crippen LogP contribution in [0.2, 0.25) is 0 Å². The van der Waals surface area contributed by atoms with Crippen molar-refractivity contribution < 1.29 is 14.3 Å². The van der Waals surface area contributed by atoms with Crippen molar-refractivity contribution in [2.75, 3.05) is 20.8 Å². The maximum atomic E-state index is 13.1. The van der Waals surface area contributed by atoms with E-state index in [1.54, 1.807) is 19.0 Å². The van der Waals surface area contributed by atoms with Crippen molar-refractivity contribution in [1.29, 1.82) is 0 Å². The Balaban J connectivity index is 1.51. The van der Waals surface area contributed by atoms with E-state index in [1.165, 1.54) is 5.56 Å². The monoisotopic (exact) mass is 407 g/mol. The smallest absolute Gasteiger partial charge is 0.254 e. The van der Waals surface area contributed by atoms with Gasteiger partial charge in [0.15, 0.2) is 11.5 Å². The minimum Gasteiger partial charge on any atom is -0.493 e. The van der Waals surface area contributed by atoms with E-state index in [1.807, 2.05) is 55.1 Å². The van der Waals surface area contributed by atoms with Gasteiger partial charge in [0.25, 0.3) is 5.91 Å². The fourth-order valence-corrected chi connectivity index (χ4v) is 3.56. The summed E-state index contributed by atoms with van der Waals surface area (Å²) in [6.07, 6.45) is 0.780. The van der Waals surface area contributed by atoms with Crippen LogP contribution in [-0.4, -0.2) is 51.8 Å². The van der Waals surface area contributed by atoms with E-state index in [0.29, 0.717) is 30.2 Å². The minimum absolute atomic E-state index is 0.000721. The molecule has 1 aliphatic rings. The fraction of sp³-hybridized carbons (Fsp3) is 0.364. The fourth-order valence-electron chi connectivity index (χ4n) is 3.56. The lowest BCUT2D eigenvalue weighted by Crippen LogP contribution is -2.36. The molecule has 30 heavy (non-hydrogen) atoms. The van der Waals surface area contributed by atoms with Gasteiger partial charge in [0.1, 0.15) is 0 Å². The summed E-state index contributed by atoms with van der Waals surface area (Å²) in [5, 5.41) is 12.5. The molecule has 4 rings (SSSR count). The number of ether oxygens (including phenoxy) is 2. The number of rotatable bonds is 5. The van der Waals surface area contributed by atoms with Gasteiger partial charge in [-0.1, -0.05) is 12.1 Å². The Hall–Kier alpha value is -3.42. The summed E-state index contributed by atoms with van der Waals surface area (Å²) >= 11 is 0. The zero-order valence-corrected chi connectivity index (χ0v) is 17.6. The lowest BCUT2D eigenvalue weighted by atomic mass is 9.98. The molecule has 3 aromatic rings. The number of benzene rings is 2. The van der Waals surface area contributed by atoms with Gasteiger partial charge in [-0.2, -0.15) is 4.80 Å². The summed E-state index contributed by atoms with van der Waals surface area (Å²) in [6.45, 7) is 5.19. The summed E-state index contributed by atoms with van der Waals surface area (Å²) in [5.74, 6) is 1.95. The van der Waals surface area contributed by atoms with Crippen molar-refractivity contribution in [3.8, 4) is 22.9 Å². The lowest BCUT2D eigenvalue weighted by molar-refractivity contribution is 0.0734. The molecule has 1 amide bonds. The second-order valence-electron chi connectivity index (χ2n) is 7.56. The predicted octanol–water partition coefficient (Wildman–Crippen LogP) is 3.14. The molecule has 0 aliphatic carbocycles. The molecular formula is C22H25N5O3. The van der Waals surface area contributed by atoms with Crippen LogP contribution in [0.25, 0.3) is 11.4 Å². The Morgan fingerprint density at radius 3 is 2.30 bits per heavy atom. The number of amides is 1. The van der Waals surface area contributed by atoms with Crippen molar-refractivity contribution in [2.45, 2.75) is 32.9 Å². The van der Waals surface area contributed by atoms with Crippen LogP contribution >= 0.6 is 0 Å². The molecule has 0 radical (unpaired) electrons. The number of methoxy groups -OCH3 is 2. The van der Waals surface area contributed by atoms with Crippen LogP contribution in [0.1, 0.15) is 41.4 Å². The van der Waals surface area contributed by atoms with Crippen molar-refractivity contribution in [2.24, 2.45) is 0 Å². The molecule has 1 aliphatic heterocycles. The van der Waals surface area contributed by atoms with Gasteiger partial charge in [0.05, 0.1) is 20.3 Å². The number of aromatic nitrogens is 4. The summed E-state index contributed by atoms with van der Waals surface area (Å²) in [7, 11) is 3.25. The van der Waals surface area contributed by atoms with E-state index < -0.39 is 0 Å². The van der Waals surface area contributed by atoms with Gasteiger partial charge in [-0.05, 0) is 60.9 Å². The van der Waals surface area contributed by atoms with E-state index in [2.05, 4.69) is 15.4 Å². The molecule has 156 valence electrons. The molecular weight excluding hydrogens is 382 g/mol. The van der Waals surface area contributed by atoms with Gasteiger partial charge in [-0.25, -0.2) is 0 Å². The van der Waals surface area contributed by atoms with E-state index in [4.69, 9.17) is 9.47 Å². The molecule has 0 N–H and O–H groups in total. The second-order valence-corrected chi connectivity index (χ2v) is 7.56. The lowest BCUT2D eigenvalue weighted by Gasteiger charge is -2.29. The molecule has 8 heteroatoms. The van der Waals surface area contributed by atoms with Crippen molar-refractivity contribution >= 4 is 5.91 Å². The minimum atomic E-state index is 0.000721. The number of tetrazole rings is 1. The third-order valence-corrected chi connectivity index (χ3v) is 5.29. The van der Waals surface area contributed by atoms with Gasteiger partial charge in [-0.15, -0.1) is 10.2 Å². The van der Waals surface area contributed by atoms with Gasteiger partial charge < -0.3 is 14.4 Å². The third kappa shape index (κ3) is 3.72. The number of hydrogen-bond donors (Lipinski definition) is 0. The molecule has 0 atom stereocenters. The number of nitrogens with zero attached hydrogens (tertiary/aromatic N) is 5. The van der Waals surface area contributed by atoms with E-state index >= 15 is 0 Å². The standard InChI is InChI=1S/C22H25N5O3/c1-14(2)27-24-21(23-25-27)15-5-7-16(8-6-15)22(28)26-10-9-17-11-19(29-3)20(30-4)12-18(17)13-26/h5-8,11-12,14H,9-10,13H2,1-4H3. The topological polar surface area (TPSA) is 82.4 Å². The van der Waals surface area contributed by atoms with E-state index in [0.717, 1.165) is 23.3 Å². The first-order valence-corrected chi connectivity index (χ1v) is 9.93. The Kier molecular flexibility index (Phi) is 5.39. The molecule has 2 heterocycles. The molecule has 0 unspecified atom stereocenters. The summed E-state index contributed by atoms with van der Waals surface area (Å²) < 4.78 is 10.8. The Labute approximate surface area is 175 Å². The normalized spacial score (nSPS) is 13.3. The summed E-state index contributed by atoms with van der Waals surface area (Å²) in [6, 6.07) is 11.5. The van der Waals surface area contributed by atoms with E-state index in [9.17, 15) is 4.79 Å². The first-order chi connectivity index (χ1) is 14.5. The number of hydrogen-bond acceptors (Lipinski definition) is 6. The highest BCUT2D eigenvalue weighted by Crippen LogP contribution is 2.33. The maximum absolute atomic E-state index is 13.1. The molecule has 8 nitrogen and oxygen atoms in total. The van der Waals surface area contributed by atoms with Crippen molar-refractivity contribution in [1.82, 2.24) is 25.1 Å². The molecule has 1 aromatic heterocycles. The van der Waals surface area contributed by atoms with Crippen LogP contribution in [0.4, 0.5) is 0 Å². The zero-order valence-electron chi connectivity index (χ0n) is 17.6. The van der Waals surface area contributed by atoms with E-state index in [-0.39, 0.29) is 11.9 Å². The number of fused-ring (bicyclic) bond motifs is 1. The molecule has 0 spiro atoms. The van der Waals surface area contributed by atoms with Crippen molar-refractivity contribution in [3.63, 3.8) is 0 Å². The Morgan fingerprint density at radius 1 is 1.03 bits per heavy atom. The van der Waals surface area contributed by atoms with Crippen LogP contribution in [0.15, 0.2) is 36.4 Å². The molecule has 2 aromatic carbocycles. The number of carbonyl (C=O) groups excluding carboxylic acids is 1. The molecule has 0 saturated carbocycles. The first-order valence-electron chi connectivity index (χ1n) is 9.93. The van der Waals surface area contributed by atoms with Gasteiger partial charge >= 0.3 is 0 Å². The van der Waals surface area contributed by atoms with Gasteiger partial charge in [-0.3, -0.25) is 4.79 Å².